The Morgan fingerprint density at radius 3 is 2.87 bits per heavy atom. The van der Waals surface area contributed by atoms with Crippen LogP contribution < -0.4 is 16.6 Å². The SMILES string of the molecule is C=CCSc1ccccc1NC(=O)Cn1cc(Br)c(=O)[nH]c1=O. The van der Waals surface area contributed by atoms with E-state index in [-0.39, 0.29) is 16.9 Å². The first-order valence-corrected chi connectivity index (χ1v) is 8.41. The largest absolute Gasteiger partial charge is 0.328 e. The van der Waals surface area contributed by atoms with E-state index in [0.29, 0.717) is 5.69 Å². The molecule has 0 aliphatic rings. The lowest BCUT2D eigenvalue weighted by molar-refractivity contribution is -0.116. The number of halogens is 1. The number of thioether (sulfide) groups is 1. The number of anilines is 1. The first-order chi connectivity index (χ1) is 11.0. The summed E-state index contributed by atoms with van der Waals surface area (Å²) < 4.78 is 1.31. The number of hydrogen-bond donors (Lipinski definition) is 2. The van der Waals surface area contributed by atoms with Gasteiger partial charge in [-0.2, -0.15) is 0 Å². The standard InChI is InChI=1S/C15H14BrN3O3S/c1-2-7-23-12-6-4-3-5-11(12)17-13(20)9-19-8-10(16)14(21)18-15(19)22/h2-6,8H,1,7,9H2,(H,17,20)(H,18,21,22). The van der Waals surface area contributed by atoms with Crippen molar-refractivity contribution in [3.63, 3.8) is 0 Å². The summed E-state index contributed by atoms with van der Waals surface area (Å²) in [5.74, 6) is 0.358. The minimum absolute atomic E-state index is 0.187. The molecular weight excluding hydrogens is 382 g/mol. The van der Waals surface area contributed by atoms with Gasteiger partial charge in [-0.25, -0.2) is 4.79 Å². The highest BCUT2D eigenvalue weighted by Gasteiger charge is 2.10. The van der Waals surface area contributed by atoms with Gasteiger partial charge in [-0.1, -0.05) is 18.2 Å². The Hall–Kier alpha value is -2.06. The van der Waals surface area contributed by atoms with Crippen LogP contribution in [0.1, 0.15) is 0 Å². The number of carbonyl (C=O) groups excluding carboxylic acids is 1. The van der Waals surface area contributed by atoms with Gasteiger partial charge in [0.15, 0.2) is 0 Å². The molecule has 120 valence electrons. The zero-order chi connectivity index (χ0) is 16.8. The molecule has 8 heteroatoms. The Morgan fingerprint density at radius 2 is 2.13 bits per heavy atom. The monoisotopic (exact) mass is 395 g/mol. The van der Waals surface area contributed by atoms with Crippen LogP contribution in [0.25, 0.3) is 0 Å². The highest BCUT2D eigenvalue weighted by molar-refractivity contribution is 9.10. The molecule has 23 heavy (non-hydrogen) atoms. The van der Waals surface area contributed by atoms with Crippen LogP contribution in [-0.4, -0.2) is 21.2 Å². The normalized spacial score (nSPS) is 10.3. The van der Waals surface area contributed by atoms with Crippen molar-refractivity contribution >= 4 is 39.3 Å². The van der Waals surface area contributed by atoms with Gasteiger partial charge < -0.3 is 5.32 Å². The van der Waals surface area contributed by atoms with Crippen LogP contribution in [0.5, 0.6) is 0 Å². The maximum atomic E-state index is 12.1. The van der Waals surface area contributed by atoms with Crippen LogP contribution in [0.3, 0.4) is 0 Å². The van der Waals surface area contributed by atoms with Crippen molar-refractivity contribution in [3.05, 3.63) is 68.4 Å². The van der Waals surface area contributed by atoms with E-state index >= 15 is 0 Å². The number of carbonyl (C=O) groups is 1. The van der Waals surface area contributed by atoms with Gasteiger partial charge in [-0.3, -0.25) is 19.1 Å². The fourth-order valence-corrected chi connectivity index (χ4v) is 2.88. The number of benzene rings is 1. The summed E-state index contributed by atoms with van der Waals surface area (Å²) in [6, 6.07) is 7.38. The summed E-state index contributed by atoms with van der Waals surface area (Å²) in [5.41, 5.74) is -0.499. The molecule has 0 unspecified atom stereocenters. The first kappa shape index (κ1) is 17.3. The molecule has 0 saturated heterocycles. The van der Waals surface area contributed by atoms with Gasteiger partial charge in [-0.05, 0) is 28.1 Å². The van der Waals surface area contributed by atoms with Crippen molar-refractivity contribution in [2.45, 2.75) is 11.4 Å². The molecule has 0 spiro atoms. The summed E-state index contributed by atoms with van der Waals surface area (Å²) in [4.78, 5) is 38.2. The third kappa shape index (κ3) is 4.70. The van der Waals surface area contributed by atoms with Crippen molar-refractivity contribution in [1.82, 2.24) is 9.55 Å². The predicted molar refractivity (Wildman–Crippen MR) is 95.0 cm³/mol. The average molecular weight is 396 g/mol. The molecule has 0 aliphatic heterocycles. The van der Waals surface area contributed by atoms with Gasteiger partial charge in [0.1, 0.15) is 6.54 Å². The van der Waals surface area contributed by atoms with Crippen LogP contribution in [-0.2, 0) is 11.3 Å². The maximum Gasteiger partial charge on any atom is 0.328 e. The molecule has 0 radical (unpaired) electrons. The van der Waals surface area contributed by atoms with E-state index in [4.69, 9.17) is 0 Å². The Morgan fingerprint density at radius 1 is 1.39 bits per heavy atom. The number of H-pyrrole nitrogens is 1. The molecule has 0 fully saturated rings. The van der Waals surface area contributed by atoms with Crippen LogP contribution in [0.2, 0.25) is 0 Å². The first-order valence-electron chi connectivity index (χ1n) is 6.63. The van der Waals surface area contributed by atoms with Crippen molar-refractivity contribution in [2.75, 3.05) is 11.1 Å². The molecule has 2 rings (SSSR count). The zero-order valence-electron chi connectivity index (χ0n) is 12.0. The number of amides is 1. The molecule has 0 atom stereocenters. The molecule has 0 saturated carbocycles. The molecule has 0 bridgehead atoms. The molecule has 2 N–H and O–H groups in total. The molecule has 1 heterocycles. The van der Waals surface area contributed by atoms with Gasteiger partial charge in [0.2, 0.25) is 5.91 Å². The maximum absolute atomic E-state index is 12.1. The smallest absolute Gasteiger partial charge is 0.324 e. The molecular formula is C15H14BrN3O3S. The van der Waals surface area contributed by atoms with Crippen molar-refractivity contribution in [3.8, 4) is 0 Å². The van der Waals surface area contributed by atoms with Crippen molar-refractivity contribution < 1.29 is 4.79 Å². The van der Waals surface area contributed by atoms with E-state index in [2.05, 4.69) is 32.8 Å². The molecule has 1 amide bonds. The van der Waals surface area contributed by atoms with Gasteiger partial charge in [0.25, 0.3) is 5.56 Å². The third-order valence-corrected chi connectivity index (χ3v) is 4.43. The molecule has 6 nitrogen and oxygen atoms in total. The zero-order valence-corrected chi connectivity index (χ0v) is 14.4. The number of nitrogens with zero attached hydrogens (tertiary/aromatic N) is 1. The topological polar surface area (TPSA) is 84.0 Å². The van der Waals surface area contributed by atoms with Crippen LogP contribution in [0, 0.1) is 0 Å². The van der Waals surface area contributed by atoms with Crippen LogP contribution in [0.15, 0.2) is 62.1 Å². The lowest BCUT2D eigenvalue weighted by Gasteiger charge is -2.11. The third-order valence-electron chi connectivity index (χ3n) is 2.80. The fourth-order valence-electron chi connectivity index (χ4n) is 1.79. The summed E-state index contributed by atoms with van der Waals surface area (Å²) in [7, 11) is 0. The Kier molecular flexibility index (Phi) is 6.00. The second-order valence-electron chi connectivity index (χ2n) is 4.51. The van der Waals surface area contributed by atoms with Gasteiger partial charge in [0, 0.05) is 16.8 Å². The Balaban J connectivity index is 2.14. The lowest BCUT2D eigenvalue weighted by Crippen LogP contribution is -2.33. The van der Waals surface area contributed by atoms with E-state index < -0.39 is 11.2 Å². The van der Waals surface area contributed by atoms with Gasteiger partial charge >= 0.3 is 5.69 Å². The van der Waals surface area contributed by atoms with Gasteiger partial charge in [0.05, 0.1) is 10.2 Å². The Bertz CT molecular complexity index is 844. The van der Waals surface area contributed by atoms with Crippen molar-refractivity contribution in [2.24, 2.45) is 0 Å². The number of hydrogen-bond acceptors (Lipinski definition) is 4. The number of nitrogens with one attached hydrogen (secondary N) is 2. The molecule has 0 aliphatic carbocycles. The number of para-hydroxylation sites is 1. The van der Waals surface area contributed by atoms with Crippen molar-refractivity contribution in [1.29, 1.82) is 0 Å². The molecule has 1 aromatic heterocycles. The minimum Gasteiger partial charge on any atom is -0.324 e. The summed E-state index contributed by atoms with van der Waals surface area (Å²) in [6.07, 6.45) is 3.07. The summed E-state index contributed by atoms with van der Waals surface area (Å²) in [5, 5.41) is 2.77. The van der Waals surface area contributed by atoms with Gasteiger partial charge in [-0.15, -0.1) is 18.3 Å². The van der Waals surface area contributed by atoms with E-state index in [1.165, 1.54) is 6.20 Å². The van der Waals surface area contributed by atoms with Crippen LogP contribution in [0.4, 0.5) is 5.69 Å². The highest BCUT2D eigenvalue weighted by atomic mass is 79.9. The molecule has 1 aromatic carbocycles. The fraction of sp³-hybridized carbons (Fsp3) is 0.133. The van der Waals surface area contributed by atoms with Crippen LogP contribution >= 0.6 is 27.7 Å². The summed E-state index contributed by atoms with van der Waals surface area (Å²) >= 11 is 4.58. The predicted octanol–water partition coefficient (Wildman–Crippen LogP) is 2.22. The molecule has 2 aromatic rings. The lowest BCUT2D eigenvalue weighted by atomic mass is 10.3. The number of aromatic nitrogens is 2. The second kappa shape index (κ2) is 7.98. The highest BCUT2D eigenvalue weighted by Crippen LogP contribution is 2.26. The van der Waals surface area contributed by atoms with E-state index in [9.17, 15) is 14.4 Å². The van der Waals surface area contributed by atoms with E-state index in [1.54, 1.807) is 23.9 Å². The number of aromatic amines is 1. The Labute approximate surface area is 144 Å². The summed E-state index contributed by atoms with van der Waals surface area (Å²) in [6.45, 7) is 3.47. The quantitative estimate of drug-likeness (QED) is 0.580. The number of rotatable bonds is 6. The second-order valence-corrected chi connectivity index (χ2v) is 6.42. The van der Waals surface area contributed by atoms with E-state index in [1.807, 2.05) is 18.2 Å². The average Bonchev–Trinajstić information content (AvgIpc) is 2.51. The minimum atomic E-state index is -0.636. The van der Waals surface area contributed by atoms with E-state index in [0.717, 1.165) is 15.2 Å².